The summed E-state index contributed by atoms with van der Waals surface area (Å²) in [5, 5.41) is 9.78. The van der Waals surface area contributed by atoms with E-state index in [-0.39, 0.29) is 5.78 Å². The Morgan fingerprint density at radius 1 is 1.35 bits per heavy atom. The van der Waals surface area contributed by atoms with Crippen LogP contribution < -0.4 is 4.74 Å². The number of hydrogen-bond donors (Lipinski definition) is 1. The molecule has 0 heterocycles. The summed E-state index contributed by atoms with van der Waals surface area (Å²) in [6, 6.07) is 5.50. The average Bonchev–Trinajstić information content (AvgIpc) is 2.25. The van der Waals surface area contributed by atoms with Crippen molar-refractivity contribution in [2.45, 2.75) is 39.2 Å². The first-order valence-corrected chi connectivity index (χ1v) is 5.72. The zero-order valence-electron chi connectivity index (χ0n) is 11.1. The highest BCUT2D eigenvalue weighted by molar-refractivity contribution is 6.04. The monoisotopic (exact) mass is 236 g/mol. The largest absolute Gasteiger partial charge is 0.496 e. The van der Waals surface area contributed by atoms with Crippen molar-refractivity contribution in [3.8, 4) is 5.75 Å². The first kappa shape index (κ1) is 13.7. The summed E-state index contributed by atoms with van der Waals surface area (Å²) < 4.78 is 5.16. The van der Waals surface area contributed by atoms with Crippen LogP contribution in [0.4, 0.5) is 0 Å². The Labute approximate surface area is 102 Å². The van der Waals surface area contributed by atoms with Crippen LogP contribution in [0, 0.1) is 0 Å². The van der Waals surface area contributed by atoms with Gasteiger partial charge in [0, 0.05) is 0 Å². The molecular weight excluding hydrogens is 216 g/mol. The van der Waals surface area contributed by atoms with Gasteiger partial charge in [-0.1, -0.05) is 19.9 Å². The molecule has 0 spiro atoms. The van der Waals surface area contributed by atoms with E-state index in [0.29, 0.717) is 17.2 Å². The normalized spacial score (nSPS) is 11.7. The van der Waals surface area contributed by atoms with E-state index in [1.165, 1.54) is 21.0 Å². The molecule has 0 aromatic heterocycles. The second kappa shape index (κ2) is 4.88. The zero-order chi connectivity index (χ0) is 13.2. The van der Waals surface area contributed by atoms with E-state index < -0.39 is 5.60 Å². The van der Waals surface area contributed by atoms with Crippen molar-refractivity contribution in [2.75, 3.05) is 7.11 Å². The fraction of sp³-hybridized carbons (Fsp3) is 0.500. The number of methoxy groups -OCH3 is 1. The van der Waals surface area contributed by atoms with Crippen molar-refractivity contribution in [1.29, 1.82) is 0 Å². The van der Waals surface area contributed by atoms with Crippen LogP contribution in [-0.4, -0.2) is 23.6 Å². The molecule has 17 heavy (non-hydrogen) atoms. The lowest BCUT2D eigenvalue weighted by atomic mass is 9.92. The Bertz CT molecular complexity index is 414. The van der Waals surface area contributed by atoms with Crippen LogP contribution in [0.1, 0.15) is 49.5 Å². The first-order valence-electron chi connectivity index (χ1n) is 5.72. The molecule has 0 bridgehead atoms. The van der Waals surface area contributed by atoms with E-state index in [1.807, 2.05) is 6.07 Å². The van der Waals surface area contributed by atoms with Crippen LogP contribution in [0.25, 0.3) is 0 Å². The lowest BCUT2D eigenvalue weighted by Crippen LogP contribution is -2.31. The van der Waals surface area contributed by atoms with E-state index in [9.17, 15) is 9.90 Å². The quantitative estimate of drug-likeness (QED) is 0.818. The molecule has 1 aromatic rings. The molecule has 0 aliphatic heterocycles. The van der Waals surface area contributed by atoms with Gasteiger partial charge in [0.25, 0.3) is 0 Å². The molecule has 0 saturated carbocycles. The minimum absolute atomic E-state index is 0.322. The Hall–Kier alpha value is -1.35. The lowest BCUT2D eigenvalue weighted by molar-refractivity contribution is 0.0485. The van der Waals surface area contributed by atoms with Gasteiger partial charge in [-0.3, -0.25) is 4.79 Å². The molecule has 0 radical (unpaired) electrons. The number of benzene rings is 1. The SMILES string of the molecule is COc1ccc(C(C)C)cc1C(=O)C(C)(C)O. The molecule has 1 aromatic carbocycles. The highest BCUT2D eigenvalue weighted by atomic mass is 16.5. The molecular formula is C14H20O3. The van der Waals surface area contributed by atoms with Crippen molar-refractivity contribution in [3.63, 3.8) is 0 Å². The van der Waals surface area contributed by atoms with Crippen LogP contribution in [0.15, 0.2) is 18.2 Å². The van der Waals surface area contributed by atoms with Gasteiger partial charge >= 0.3 is 0 Å². The van der Waals surface area contributed by atoms with Crippen molar-refractivity contribution in [3.05, 3.63) is 29.3 Å². The minimum Gasteiger partial charge on any atom is -0.496 e. The van der Waals surface area contributed by atoms with Crippen molar-refractivity contribution in [1.82, 2.24) is 0 Å². The molecule has 1 N–H and O–H groups in total. The summed E-state index contributed by atoms with van der Waals surface area (Å²) in [5.41, 5.74) is 0.104. The van der Waals surface area contributed by atoms with Crippen LogP contribution in [0.3, 0.4) is 0 Å². The average molecular weight is 236 g/mol. The lowest BCUT2D eigenvalue weighted by Gasteiger charge is -2.19. The summed E-state index contributed by atoms with van der Waals surface area (Å²) in [5.74, 6) is 0.507. The molecule has 1 rings (SSSR count). The Kier molecular flexibility index (Phi) is 3.94. The number of Topliss-reactive ketones (excluding diaryl/α,β-unsaturated/α-hetero) is 1. The van der Waals surface area contributed by atoms with Crippen molar-refractivity contribution >= 4 is 5.78 Å². The smallest absolute Gasteiger partial charge is 0.197 e. The van der Waals surface area contributed by atoms with Gasteiger partial charge in [-0.2, -0.15) is 0 Å². The minimum atomic E-state index is -1.39. The molecule has 0 aliphatic rings. The Balaban J connectivity index is 3.29. The predicted octanol–water partition coefficient (Wildman–Crippen LogP) is 2.77. The molecule has 0 saturated heterocycles. The van der Waals surface area contributed by atoms with Gasteiger partial charge in [0.2, 0.25) is 0 Å². The maximum Gasteiger partial charge on any atom is 0.197 e. The van der Waals surface area contributed by atoms with Gasteiger partial charge in [0.15, 0.2) is 5.78 Å². The fourth-order valence-corrected chi connectivity index (χ4v) is 1.59. The molecule has 3 nitrogen and oxygen atoms in total. The topological polar surface area (TPSA) is 46.5 Å². The van der Waals surface area contributed by atoms with Crippen LogP contribution in [0.2, 0.25) is 0 Å². The van der Waals surface area contributed by atoms with Gasteiger partial charge < -0.3 is 9.84 Å². The maximum absolute atomic E-state index is 12.1. The number of ether oxygens (including phenoxy) is 1. The van der Waals surface area contributed by atoms with Gasteiger partial charge in [-0.05, 0) is 37.5 Å². The highest BCUT2D eigenvalue weighted by Gasteiger charge is 2.28. The van der Waals surface area contributed by atoms with Crippen molar-refractivity contribution < 1.29 is 14.6 Å². The summed E-state index contributed by atoms with van der Waals surface area (Å²) in [6.45, 7) is 7.08. The Morgan fingerprint density at radius 2 is 1.94 bits per heavy atom. The van der Waals surface area contributed by atoms with Gasteiger partial charge in [0.05, 0.1) is 12.7 Å². The summed E-state index contributed by atoms with van der Waals surface area (Å²) in [4.78, 5) is 12.1. The van der Waals surface area contributed by atoms with Gasteiger partial charge in [-0.25, -0.2) is 0 Å². The third-order valence-electron chi connectivity index (χ3n) is 2.69. The number of rotatable bonds is 4. The zero-order valence-corrected chi connectivity index (χ0v) is 11.1. The Morgan fingerprint density at radius 3 is 2.35 bits per heavy atom. The van der Waals surface area contributed by atoms with Crippen molar-refractivity contribution in [2.24, 2.45) is 0 Å². The molecule has 0 atom stereocenters. The summed E-state index contributed by atoms with van der Waals surface area (Å²) in [6.07, 6.45) is 0. The predicted molar refractivity (Wildman–Crippen MR) is 67.7 cm³/mol. The number of hydrogen-bond acceptors (Lipinski definition) is 3. The standard InChI is InChI=1S/C14H20O3/c1-9(2)10-6-7-12(17-5)11(8-10)13(15)14(3,4)16/h6-9,16H,1-5H3. The molecule has 0 unspecified atom stereocenters. The summed E-state index contributed by atoms with van der Waals surface area (Å²) in [7, 11) is 1.52. The maximum atomic E-state index is 12.1. The van der Waals surface area contributed by atoms with Crippen LogP contribution in [-0.2, 0) is 0 Å². The summed E-state index contributed by atoms with van der Waals surface area (Å²) >= 11 is 0. The third-order valence-corrected chi connectivity index (χ3v) is 2.69. The molecule has 3 heteroatoms. The number of carbonyl (C=O) groups is 1. The fourth-order valence-electron chi connectivity index (χ4n) is 1.59. The van der Waals surface area contributed by atoms with E-state index in [1.54, 1.807) is 12.1 Å². The highest BCUT2D eigenvalue weighted by Crippen LogP contribution is 2.27. The molecule has 0 amide bonds. The molecule has 0 fully saturated rings. The number of ketones is 1. The van der Waals surface area contributed by atoms with Crippen LogP contribution in [0.5, 0.6) is 5.75 Å². The third kappa shape index (κ3) is 3.07. The van der Waals surface area contributed by atoms with E-state index in [2.05, 4.69) is 13.8 Å². The second-order valence-electron chi connectivity index (χ2n) is 5.00. The first-order chi connectivity index (χ1) is 7.77. The second-order valence-corrected chi connectivity index (χ2v) is 5.00. The van der Waals surface area contributed by atoms with E-state index in [4.69, 9.17) is 4.74 Å². The van der Waals surface area contributed by atoms with E-state index >= 15 is 0 Å². The molecule has 94 valence electrons. The van der Waals surface area contributed by atoms with Gasteiger partial charge in [0.1, 0.15) is 11.4 Å². The van der Waals surface area contributed by atoms with Gasteiger partial charge in [-0.15, -0.1) is 0 Å². The van der Waals surface area contributed by atoms with E-state index in [0.717, 1.165) is 5.56 Å². The van der Waals surface area contributed by atoms with Crippen LogP contribution >= 0.6 is 0 Å². The number of aliphatic hydroxyl groups is 1. The number of carbonyl (C=O) groups excluding carboxylic acids is 1. The molecule has 0 aliphatic carbocycles.